The van der Waals surface area contributed by atoms with Gasteiger partial charge in [-0.2, -0.15) is 0 Å². The number of nitrogens with one attached hydrogen (secondary N) is 1. The molecule has 3 aromatic rings. The predicted molar refractivity (Wildman–Crippen MR) is 132 cm³/mol. The predicted octanol–water partition coefficient (Wildman–Crippen LogP) is 2.14. The van der Waals surface area contributed by atoms with Crippen molar-refractivity contribution < 1.29 is 19.4 Å². The lowest BCUT2D eigenvalue weighted by atomic mass is 10.0. The lowest BCUT2D eigenvalue weighted by Crippen LogP contribution is -2.49. The molecule has 1 atom stereocenters. The van der Waals surface area contributed by atoms with Crippen molar-refractivity contribution in [3.8, 4) is 17.6 Å². The third-order valence-electron chi connectivity index (χ3n) is 6.46. The molecule has 1 aliphatic carbocycles. The van der Waals surface area contributed by atoms with Crippen LogP contribution in [-0.2, 0) is 11.3 Å². The Balaban J connectivity index is 1.27. The number of aromatic nitrogens is 3. The van der Waals surface area contributed by atoms with Crippen LogP contribution in [0.2, 0.25) is 0 Å². The Hall–Kier alpha value is -4.16. The van der Waals surface area contributed by atoms with Crippen molar-refractivity contribution in [2.45, 2.75) is 43.9 Å². The number of rotatable bonds is 4. The summed E-state index contributed by atoms with van der Waals surface area (Å²) < 4.78 is 7.43. The van der Waals surface area contributed by atoms with E-state index in [1.165, 1.54) is 11.2 Å². The number of likely N-dealkylation sites (N-methyl/N-ethyl adjacent to an activating group) is 1. The normalized spacial score (nSPS) is 18.4. The van der Waals surface area contributed by atoms with Gasteiger partial charge in [-0.3, -0.25) is 9.59 Å². The van der Waals surface area contributed by atoms with E-state index in [1.807, 2.05) is 30.3 Å². The summed E-state index contributed by atoms with van der Waals surface area (Å²) >= 11 is 0. The molecular formula is C27H27N5O4. The van der Waals surface area contributed by atoms with Crippen LogP contribution in [0.5, 0.6) is 5.75 Å². The van der Waals surface area contributed by atoms with Crippen molar-refractivity contribution in [3.05, 3.63) is 71.8 Å². The highest BCUT2D eigenvalue weighted by molar-refractivity contribution is 6.02. The molecule has 2 aliphatic rings. The molecule has 36 heavy (non-hydrogen) atoms. The van der Waals surface area contributed by atoms with Gasteiger partial charge in [0.2, 0.25) is 5.82 Å². The number of carbonyl (C=O) groups excluding carboxylic acids is 2. The molecule has 1 aliphatic heterocycles. The second kappa shape index (κ2) is 9.84. The maximum absolute atomic E-state index is 13.2. The highest BCUT2D eigenvalue weighted by atomic mass is 16.5. The number of hydrogen-bond acceptors (Lipinski definition) is 6. The lowest BCUT2D eigenvalue weighted by Gasteiger charge is -2.20. The van der Waals surface area contributed by atoms with Gasteiger partial charge in [0, 0.05) is 12.6 Å². The first kappa shape index (κ1) is 23.6. The van der Waals surface area contributed by atoms with Gasteiger partial charge in [-0.05, 0) is 49.4 Å². The third kappa shape index (κ3) is 5.09. The largest absolute Gasteiger partial charge is 0.489 e. The summed E-state index contributed by atoms with van der Waals surface area (Å²) in [6.07, 6.45) is 4.77. The van der Waals surface area contributed by atoms with Crippen LogP contribution in [0.3, 0.4) is 0 Å². The standard InChI is InChI=1S/C27H27N5O4/c1-31-22-15-19(11-14-27(35)12-5-6-13-27)9-10-23(22)36-17-21(26(31)34)29-25(33)24-28-18-32(30-24)16-20-7-3-2-4-8-20/h2-4,7-10,15,18,21,35H,5-6,12-13,16-17H2,1H3,(H,29,33). The summed E-state index contributed by atoms with van der Waals surface area (Å²) in [5.41, 5.74) is 1.31. The zero-order valence-electron chi connectivity index (χ0n) is 20.0. The maximum atomic E-state index is 13.2. The zero-order valence-corrected chi connectivity index (χ0v) is 20.0. The van der Waals surface area contributed by atoms with E-state index >= 15 is 0 Å². The van der Waals surface area contributed by atoms with E-state index in [-0.39, 0.29) is 18.3 Å². The first-order valence-corrected chi connectivity index (χ1v) is 11.9. The number of aliphatic hydroxyl groups is 1. The molecule has 2 aromatic carbocycles. The number of ether oxygens (including phenoxy) is 1. The second-order valence-electron chi connectivity index (χ2n) is 9.16. The molecule has 0 radical (unpaired) electrons. The molecule has 2 N–H and O–H groups in total. The van der Waals surface area contributed by atoms with Crippen molar-refractivity contribution >= 4 is 17.5 Å². The minimum Gasteiger partial charge on any atom is -0.489 e. The SMILES string of the molecule is CN1C(=O)C(NC(=O)c2ncn(Cc3ccccc3)n2)COc2ccc(C#CC3(O)CCCC3)cc21. The van der Waals surface area contributed by atoms with Gasteiger partial charge in [-0.15, -0.1) is 5.10 Å². The van der Waals surface area contributed by atoms with Crippen LogP contribution in [0.1, 0.15) is 47.4 Å². The minimum absolute atomic E-state index is 0.0226. The Morgan fingerprint density at radius 3 is 2.78 bits per heavy atom. The fraction of sp³-hybridized carbons (Fsp3) is 0.333. The van der Waals surface area contributed by atoms with Gasteiger partial charge in [0.15, 0.2) is 0 Å². The number of fused-ring (bicyclic) bond motifs is 1. The van der Waals surface area contributed by atoms with Gasteiger partial charge < -0.3 is 20.1 Å². The fourth-order valence-corrected chi connectivity index (χ4v) is 4.42. The molecule has 1 fully saturated rings. The van der Waals surface area contributed by atoms with E-state index in [1.54, 1.807) is 29.9 Å². The Morgan fingerprint density at radius 2 is 2.00 bits per heavy atom. The summed E-state index contributed by atoms with van der Waals surface area (Å²) in [5.74, 6) is 5.62. The van der Waals surface area contributed by atoms with Crippen LogP contribution in [0.4, 0.5) is 5.69 Å². The quantitative estimate of drug-likeness (QED) is 0.548. The minimum atomic E-state index is -0.942. The van der Waals surface area contributed by atoms with Crippen LogP contribution < -0.4 is 15.0 Å². The van der Waals surface area contributed by atoms with Gasteiger partial charge in [-0.25, -0.2) is 9.67 Å². The van der Waals surface area contributed by atoms with E-state index < -0.39 is 17.6 Å². The first-order chi connectivity index (χ1) is 17.4. The van der Waals surface area contributed by atoms with Crippen LogP contribution in [0.15, 0.2) is 54.9 Å². The van der Waals surface area contributed by atoms with Gasteiger partial charge in [0.25, 0.3) is 11.8 Å². The topological polar surface area (TPSA) is 110 Å². The van der Waals surface area contributed by atoms with Crippen molar-refractivity contribution in [2.24, 2.45) is 0 Å². The van der Waals surface area contributed by atoms with Crippen LogP contribution in [0, 0.1) is 11.8 Å². The monoisotopic (exact) mass is 485 g/mol. The first-order valence-electron chi connectivity index (χ1n) is 11.9. The van der Waals surface area contributed by atoms with Gasteiger partial charge in [0.05, 0.1) is 12.2 Å². The third-order valence-corrected chi connectivity index (χ3v) is 6.46. The summed E-state index contributed by atoms with van der Waals surface area (Å²) in [6, 6.07) is 14.1. The molecule has 0 spiro atoms. The van der Waals surface area contributed by atoms with Crippen LogP contribution >= 0.6 is 0 Å². The molecule has 9 nitrogen and oxygen atoms in total. The summed E-state index contributed by atoms with van der Waals surface area (Å²) in [5, 5.41) is 17.4. The van der Waals surface area contributed by atoms with Gasteiger partial charge in [0.1, 0.15) is 30.3 Å². The Morgan fingerprint density at radius 1 is 1.22 bits per heavy atom. The summed E-state index contributed by atoms with van der Waals surface area (Å²) in [6.45, 7) is 0.449. The highest BCUT2D eigenvalue weighted by Gasteiger charge is 2.32. The number of nitrogens with zero attached hydrogens (tertiary/aromatic N) is 4. The van der Waals surface area contributed by atoms with Crippen molar-refractivity contribution in [3.63, 3.8) is 0 Å². The number of carbonyl (C=O) groups is 2. The lowest BCUT2D eigenvalue weighted by molar-refractivity contribution is -0.120. The number of amides is 2. The van der Waals surface area contributed by atoms with Gasteiger partial charge in [-0.1, -0.05) is 42.2 Å². The Kier molecular flexibility index (Phi) is 6.44. The van der Waals surface area contributed by atoms with E-state index in [0.717, 1.165) is 18.4 Å². The Bertz CT molecular complexity index is 1330. The number of benzene rings is 2. The molecular weight excluding hydrogens is 458 g/mol. The fourth-order valence-electron chi connectivity index (χ4n) is 4.42. The molecule has 1 unspecified atom stereocenters. The van der Waals surface area contributed by atoms with E-state index in [9.17, 15) is 14.7 Å². The van der Waals surface area contributed by atoms with E-state index in [0.29, 0.717) is 36.4 Å². The van der Waals surface area contributed by atoms with Gasteiger partial charge >= 0.3 is 0 Å². The highest BCUT2D eigenvalue weighted by Crippen LogP contribution is 2.32. The number of anilines is 1. The van der Waals surface area contributed by atoms with E-state index in [4.69, 9.17) is 4.74 Å². The molecule has 5 rings (SSSR count). The molecule has 184 valence electrons. The zero-order chi connectivity index (χ0) is 25.1. The van der Waals surface area contributed by atoms with Crippen molar-refractivity contribution in [2.75, 3.05) is 18.6 Å². The molecule has 1 saturated carbocycles. The van der Waals surface area contributed by atoms with Crippen molar-refractivity contribution in [1.29, 1.82) is 0 Å². The van der Waals surface area contributed by atoms with Crippen LogP contribution in [-0.4, -0.2) is 57.0 Å². The molecule has 1 aromatic heterocycles. The summed E-state index contributed by atoms with van der Waals surface area (Å²) in [4.78, 5) is 31.5. The average Bonchev–Trinajstić information content (AvgIpc) is 3.52. The molecule has 2 amide bonds. The molecule has 0 bridgehead atoms. The second-order valence-corrected chi connectivity index (χ2v) is 9.16. The van der Waals surface area contributed by atoms with Crippen molar-refractivity contribution in [1.82, 2.24) is 20.1 Å². The summed E-state index contributed by atoms with van der Waals surface area (Å²) in [7, 11) is 1.63. The molecule has 2 heterocycles. The Labute approximate surface area is 209 Å². The van der Waals surface area contributed by atoms with E-state index in [2.05, 4.69) is 27.2 Å². The molecule has 9 heteroatoms. The molecule has 0 saturated heterocycles. The average molecular weight is 486 g/mol. The smallest absolute Gasteiger partial charge is 0.291 e. The van der Waals surface area contributed by atoms with Crippen LogP contribution in [0.25, 0.3) is 0 Å². The maximum Gasteiger partial charge on any atom is 0.291 e. The number of hydrogen-bond donors (Lipinski definition) is 2.